The van der Waals surface area contributed by atoms with Gasteiger partial charge in [-0.1, -0.05) is 13.0 Å². The van der Waals surface area contributed by atoms with Gasteiger partial charge >= 0.3 is 0 Å². The zero-order valence-corrected chi connectivity index (χ0v) is 13.0. The molecule has 4 nitrogen and oxygen atoms in total. The van der Waals surface area contributed by atoms with Gasteiger partial charge in [-0.05, 0) is 42.5 Å². The molecule has 2 N–H and O–H groups in total. The third-order valence-electron chi connectivity index (χ3n) is 5.00. The van der Waals surface area contributed by atoms with Crippen molar-refractivity contribution in [3.8, 4) is 5.75 Å². The molecule has 0 amide bonds. The van der Waals surface area contributed by atoms with Gasteiger partial charge in [-0.15, -0.1) is 0 Å². The van der Waals surface area contributed by atoms with Crippen LogP contribution in [0.5, 0.6) is 5.75 Å². The lowest BCUT2D eigenvalue weighted by atomic mass is 9.83. The maximum absolute atomic E-state index is 6.61. The van der Waals surface area contributed by atoms with Crippen LogP contribution in [0.25, 0.3) is 0 Å². The second-order valence-corrected chi connectivity index (χ2v) is 6.07. The number of benzene rings is 1. The molecule has 0 radical (unpaired) electrons. The summed E-state index contributed by atoms with van der Waals surface area (Å²) in [6.45, 7) is 4.91. The summed E-state index contributed by atoms with van der Waals surface area (Å²) in [6, 6.07) is 7.34. The molecular weight excluding hydrogens is 264 g/mol. The van der Waals surface area contributed by atoms with Gasteiger partial charge in [0.25, 0.3) is 0 Å². The second kappa shape index (κ2) is 6.34. The Kier molecular flexibility index (Phi) is 4.48. The summed E-state index contributed by atoms with van der Waals surface area (Å²) in [5.74, 6) is 0.928. The number of fused-ring (bicyclic) bond motifs is 1. The van der Waals surface area contributed by atoms with E-state index in [-0.39, 0.29) is 6.04 Å². The average Bonchev–Trinajstić information content (AvgIpc) is 2.55. The van der Waals surface area contributed by atoms with Crippen LogP contribution in [0.15, 0.2) is 18.2 Å². The Morgan fingerprint density at radius 2 is 2.29 bits per heavy atom. The number of nitrogens with zero attached hydrogens (tertiary/aromatic N) is 1. The Hall–Kier alpha value is -1.10. The minimum absolute atomic E-state index is 0.0896. The van der Waals surface area contributed by atoms with Gasteiger partial charge in [0.2, 0.25) is 0 Å². The van der Waals surface area contributed by atoms with Crippen LogP contribution in [0, 0.1) is 0 Å². The van der Waals surface area contributed by atoms with E-state index in [4.69, 9.17) is 15.2 Å². The van der Waals surface area contributed by atoms with E-state index < -0.39 is 0 Å². The van der Waals surface area contributed by atoms with E-state index >= 15 is 0 Å². The fraction of sp³-hybridized carbons (Fsp3) is 0.647. The van der Waals surface area contributed by atoms with Gasteiger partial charge in [0.1, 0.15) is 5.75 Å². The zero-order chi connectivity index (χ0) is 14.8. The van der Waals surface area contributed by atoms with Gasteiger partial charge in [0, 0.05) is 24.7 Å². The number of ether oxygens (including phenoxy) is 2. The van der Waals surface area contributed by atoms with Crippen molar-refractivity contribution >= 4 is 0 Å². The third kappa shape index (κ3) is 2.80. The van der Waals surface area contributed by atoms with E-state index in [0.29, 0.717) is 12.1 Å². The van der Waals surface area contributed by atoms with Crippen molar-refractivity contribution in [3.63, 3.8) is 0 Å². The van der Waals surface area contributed by atoms with Gasteiger partial charge in [-0.3, -0.25) is 4.90 Å². The molecule has 1 aromatic carbocycles. The van der Waals surface area contributed by atoms with Crippen molar-refractivity contribution in [2.24, 2.45) is 5.73 Å². The lowest BCUT2D eigenvalue weighted by molar-refractivity contribution is -0.0383. The van der Waals surface area contributed by atoms with Gasteiger partial charge in [0.15, 0.2) is 0 Å². The molecule has 116 valence electrons. The van der Waals surface area contributed by atoms with Crippen LogP contribution in [0.4, 0.5) is 0 Å². The van der Waals surface area contributed by atoms with Crippen molar-refractivity contribution in [1.82, 2.24) is 4.90 Å². The molecule has 1 saturated heterocycles. The summed E-state index contributed by atoms with van der Waals surface area (Å²) < 4.78 is 11.0. The molecule has 0 bridgehead atoms. The van der Waals surface area contributed by atoms with Crippen molar-refractivity contribution in [3.05, 3.63) is 29.3 Å². The summed E-state index contributed by atoms with van der Waals surface area (Å²) in [6.07, 6.45) is 3.33. The number of hydrogen-bond acceptors (Lipinski definition) is 4. The molecule has 21 heavy (non-hydrogen) atoms. The highest BCUT2D eigenvalue weighted by molar-refractivity contribution is 5.40. The minimum atomic E-state index is 0.0896. The molecule has 0 saturated carbocycles. The highest BCUT2D eigenvalue weighted by Gasteiger charge is 2.35. The quantitative estimate of drug-likeness (QED) is 0.926. The van der Waals surface area contributed by atoms with Gasteiger partial charge in [-0.2, -0.15) is 0 Å². The second-order valence-electron chi connectivity index (χ2n) is 6.07. The monoisotopic (exact) mass is 290 g/mol. The summed E-state index contributed by atoms with van der Waals surface area (Å²) in [5.41, 5.74) is 9.24. The first-order chi connectivity index (χ1) is 10.2. The third-order valence-corrected chi connectivity index (χ3v) is 5.00. The van der Waals surface area contributed by atoms with E-state index in [9.17, 15) is 0 Å². The fourth-order valence-electron chi connectivity index (χ4n) is 3.77. The van der Waals surface area contributed by atoms with E-state index in [1.54, 1.807) is 7.11 Å². The van der Waals surface area contributed by atoms with Crippen molar-refractivity contribution < 1.29 is 9.47 Å². The zero-order valence-electron chi connectivity index (χ0n) is 13.0. The molecule has 1 aliphatic carbocycles. The summed E-state index contributed by atoms with van der Waals surface area (Å²) >= 11 is 0. The topological polar surface area (TPSA) is 47.7 Å². The van der Waals surface area contributed by atoms with E-state index in [0.717, 1.165) is 44.8 Å². The van der Waals surface area contributed by atoms with Crippen LogP contribution >= 0.6 is 0 Å². The van der Waals surface area contributed by atoms with Crippen LogP contribution in [-0.2, 0) is 11.2 Å². The molecule has 0 spiro atoms. The number of nitrogens with two attached hydrogens (primary N) is 1. The Bertz CT molecular complexity index is 492. The molecule has 4 heteroatoms. The van der Waals surface area contributed by atoms with Crippen LogP contribution in [0.1, 0.15) is 36.9 Å². The number of methoxy groups -OCH3 is 1. The number of aryl methyl sites for hydroxylation is 1. The number of hydrogen-bond donors (Lipinski definition) is 1. The van der Waals surface area contributed by atoms with Crippen LogP contribution in [-0.4, -0.2) is 43.9 Å². The summed E-state index contributed by atoms with van der Waals surface area (Å²) in [5, 5.41) is 0. The molecule has 1 heterocycles. The standard InChI is InChI=1S/C17H26N2O2/c1-3-13-11-21-9-8-19(13)16-7-4-12-10-14(20-2)5-6-15(12)17(16)18/h5-6,10,13,16-17H,3-4,7-9,11,18H2,1-2H3. The van der Waals surface area contributed by atoms with Crippen LogP contribution < -0.4 is 10.5 Å². The number of morpholine rings is 1. The lowest BCUT2D eigenvalue weighted by Gasteiger charge is -2.45. The first kappa shape index (κ1) is 14.8. The van der Waals surface area contributed by atoms with Crippen molar-refractivity contribution in [1.29, 1.82) is 0 Å². The highest BCUT2D eigenvalue weighted by Crippen LogP contribution is 2.35. The van der Waals surface area contributed by atoms with Crippen LogP contribution in [0.2, 0.25) is 0 Å². The van der Waals surface area contributed by atoms with Crippen LogP contribution in [0.3, 0.4) is 0 Å². The Balaban J connectivity index is 1.82. The Morgan fingerprint density at radius 3 is 3.05 bits per heavy atom. The predicted octanol–water partition coefficient (Wildman–Crippen LogP) is 2.12. The number of rotatable bonds is 3. The van der Waals surface area contributed by atoms with Crippen molar-refractivity contribution in [2.75, 3.05) is 26.9 Å². The molecule has 1 fully saturated rings. The molecule has 3 unspecified atom stereocenters. The van der Waals surface area contributed by atoms with E-state index in [1.165, 1.54) is 11.1 Å². The summed E-state index contributed by atoms with van der Waals surface area (Å²) in [4.78, 5) is 2.58. The smallest absolute Gasteiger partial charge is 0.119 e. The molecule has 1 aromatic rings. The molecule has 0 aromatic heterocycles. The van der Waals surface area contributed by atoms with Gasteiger partial charge in [0.05, 0.1) is 20.3 Å². The highest BCUT2D eigenvalue weighted by atomic mass is 16.5. The SMILES string of the molecule is CCC1COCCN1C1CCc2cc(OC)ccc2C1N. The predicted molar refractivity (Wildman–Crippen MR) is 83.6 cm³/mol. The Labute approximate surface area is 127 Å². The van der Waals surface area contributed by atoms with E-state index in [1.807, 2.05) is 6.07 Å². The van der Waals surface area contributed by atoms with E-state index in [2.05, 4.69) is 24.0 Å². The van der Waals surface area contributed by atoms with Gasteiger partial charge < -0.3 is 15.2 Å². The minimum Gasteiger partial charge on any atom is -0.497 e. The first-order valence-electron chi connectivity index (χ1n) is 8.00. The molecule has 3 atom stereocenters. The lowest BCUT2D eigenvalue weighted by Crippen LogP contribution is -2.55. The molecule has 2 aliphatic rings. The molecule has 1 aliphatic heterocycles. The largest absolute Gasteiger partial charge is 0.497 e. The summed E-state index contributed by atoms with van der Waals surface area (Å²) in [7, 11) is 1.72. The normalized spacial score (nSPS) is 30.0. The molecule has 3 rings (SSSR count). The maximum Gasteiger partial charge on any atom is 0.119 e. The fourth-order valence-corrected chi connectivity index (χ4v) is 3.77. The average molecular weight is 290 g/mol. The maximum atomic E-state index is 6.61. The van der Waals surface area contributed by atoms with Crippen molar-refractivity contribution in [2.45, 2.75) is 44.3 Å². The Morgan fingerprint density at radius 1 is 1.43 bits per heavy atom. The molecular formula is C17H26N2O2. The first-order valence-corrected chi connectivity index (χ1v) is 8.00. The van der Waals surface area contributed by atoms with Gasteiger partial charge in [-0.25, -0.2) is 0 Å².